The van der Waals surface area contributed by atoms with Crippen molar-refractivity contribution in [1.82, 2.24) is 9.97 Å². The summed E-state index contributed by atoms with van der Waals surface area (Å²) in [6, 6.07) is 5.26. The number of nitrogen functional groups attached to an aromatic ring is 1. The Morgan fingerprint density at radius 2 is 2.10 bits per heavy atom. The summed E-state index contributed by atoms with van der Waals surface area (Å²) in [5.41, 5.74) is 5.45. The van der Waals surface area contributed by atoms with Crippen LogP contribution in [0.25, 0.3) is 0 Å². The van der Waals surface area contributed by atoms with E-state index in [1.165, 1.54) is 6.07 Å². The Hall–Kier alpha value is -1.83. The van der Waals surface area contributed by atoms with Crippen molar-refractivity contribution in [3.05, 3.63) is 34.3 Å². The number of rotatable bonds is 4. The summed E-state index contributed by atoms with van der Waals surface area (Å²) in [6.45, 7) is 1.92. The number of anilines is 2. The van der Waals surface area contributed by atoms with Crippen LogP contribution in [0.5, 0.6) is 0 Å². The lowest BCUT2D eigenvalue weighted by molar-refractivity contribution is -0.144. The average molecular weight is 316 g/mol. The van der Waals surface area contributed by atoms with Crippen molar-refractivity contribution in [2.24, 2.45) is 0 Å². The topological polar surface area (TPSA) is 55.0 Å². The standard InChI is InChI=1S/C13H15F3N4S/c1-8(6-9-4-3-5-21-9)20(2)11-7-10(17)18-12(19-11)13(14,15)16/h3-5,7-8H,6H2,1-2H3,(H2,17,18,19). The molecule has 0 bridgehead atoms. The molecule has 0 amide bonds. The van der Waals surface area contributed by atoms with Crippen LogP contribution in [0.1, 0.15) is 17.6 Å². The quantitative estimate of drug-likeness (QED) is 0.941. The number of nitrogens with zero attached hydrogens (tertiary/aromatic N) is 3. The van der Waals surface area contributed by atoms with Gasteiger partial charge < -0.3 is 10.6 Å². The zero-order valence-corrected chi connectivity index (χ0v) is 12.4. The van der Waals surface area contributed by atoms with E-state index in [1.54, 1.807) is 23.3 Å². The number of nitrogens with two attached hydrogens (primary N) is 1. The van der Waals surface area contributed by atoms with Gasteiger partial charge in [0.05, 0.1) is 0 Å². The summed E-state index contributed by atoms with van der Waals surface area (Å²) in [4.78, 5) is 9.64. The van der Waals surface area contributed by atoms with Gasteiger partial charge in [-0.2, -0.15) is 13.2 Å². The van der Waals surface area contributed by atoms with Crippen molar-refractivity contribution in [3.8, 4) is 0 Å². The van der Waals surface area contributed by atoms with E-state index in [9.17, 15) is 13.2 Å². The van der Waals surface area contributed by atoms with E-state index < -0.39 is 12.0 Å². The van der Waals surface area contributed by atoms with Crippen molar-refractivity contribution < 1.29 is 13.2 Å². The minimum atomic E-state index is -4.61. The van der Waals surface area contributed by atoms with E-state index in [-0.39, 0.29) is 17.7 Å². The lowest BCUT2D eigenvalue weighted by atomic mass is 10.2. The van der Waals surface area contributed by atoms with Gasteiger partial charge in [-0.25, -0.2) is 9.97 Å². The zero-order valence-electron chi connectivity index (χ0n) is 11.6. The minimum Gasteiger partial charge on any atom is -0.384 e. The fourth-order valence-electron chi connectivity index (χ4n) is 1.84. The van der Waals surface area contributed by atoms with Crippen molar-refractivity contribution in [2.45, 2.75) is 25.6 Å². The molecule has 2 rings (SSSR count). The van der Waals surface area contributed by atoms with Crippen LogP contribution in [0.3, 0.4) is 0 Å². The molecule has 0 aromatic carbocycles. The number of aromatic nitrogens is 2. The second kappa shape index (κ2) is 5.88. The number of hydrogen-bond acceptors (Lipinski definition) is 5. The predicted octanol–water partition coefficient (Wildman–Crippen LogP) is 3.21. The Morgan fingerprint density at radius 3 is 2.67 bits per heavy atom. The first kappa shape index (κ1) is 15.6. The molecule has 0 saturated heterocycles. The highest BCUT2D eigenvalue weighted by atomic mass is 32.1. The van der Waals surface area contributed by atoms with Gasteiger partial charge in [-0.15, -0.1) is 11.3 Å². The lowest BCUT2D eigenvalue weighted by Gasteiger charge is -2.26. The van der Waals surface area contributed by atoms with Crippen LogP contribution in [0, 0.1) is 0 Å². The summed E-state index contributed by atoms with van der Waals surface area (Å²) in [5, 5.41) is 1.96. The second-order valence-corrected chi connectivity index (χ2v) is 5.75. The van der Waals surface area contributed by atoms with Gasteiger partial charge in [-0.3, -0.25) is 0 Å². The molecule has 2 N–H and O–H groups in total. The number of halogens is 3. The van der Waals surface area contributed by atoms with Gasteiger partial charge in [-0.1, -0.05) is 6.07 Å². The second-order valence-electron chi connectivity index (χ2n) is 4.72. The number of likely N-dealkylation sites (N-methyl/N-ethyl adjacent to an activating group) is 1. The van der Waals surface area contributed by atoms with E-state index >= 15 is 0 Å². The molecule has 21 heavy (non-hydrogen) atoms. The Kier molecular flexibility index (Phi) is 4.36. The van der Waals surface area contributed by atoms with E-state index in [2.05, 4.69) is 9.97 Å². The Labute approximate surface area is 124 Å². The van der Waals surface area contributed by atoms with Gasteiger partial charge in [0.1, 0.15) is 11.6 Å². The third-order valence-electron chi connectivity index (χ3n) is 3.09. The van der Waals surface area contributed by atoms with Gasteiger partial charge in [0.15, 0.2) is 0 Å². The van der Waals surface area contributed by atoms with Crippen molar-refractivity contribution in [2.75, 3.05) is 17.7 Å². The smallest absolute Gasteiger partial charge is 0.384 e. The molecule has 1 atom stereocenters. The van der Waals surface area contributed by atoms with Crippen LogP contribution < -0.4 is 10.6 Å². The molecule has 0 aliphatic heterocycles. The first-order valence-corrected chi connectivity index (χ1v) is 7.12. The van der Waals surface area contributed by atoms with E-state index in [0.29, 0.717) is 0 Å². The van der Waals surface area contributed by atoms with Crippen LogP contribution in [-0.2, 0) is 12.6 Å². The normalized spacial score (nSPS) is 13.2. The molecule has 8 heteroatoms. The third-order valence-corrected chi connectivity index (χ3v) is 3.98. The third kappa shape index (κ3) is 3.84. The molecule has 2 aromatic heterocycles. The highest BCUT2D eigenvalue weighted by Gasteiger charge is 2.35. The average Bonchev–Trinajstić information content (AvgIpc) is 2.88. The summed E-state index contributed by atoms with van der Waals surface area (Å²) in [6.07, 6.45) is -3.89. The van der Waals surface area contributed by atoms with Gasteiger partial charge in [0.25, 0.3) is 0 Å². The molecule has 0 saturated carbocycles. The Balaban J connectivity index is 2.22. The molecule has 0 spiro atoms. The number of thiophene rings is 1. The lowest BCUT2D eigenvalue weighted by Crippen LogP contribution is -2.32. The molecule has 4 nitrogen and oxygen atoms in total. The van der Waals surface area contributed by atoms with Crippen molar-refractivity contribution in [3.63, 3.8) is 0 Å². The van der Waals surface area contributed by atoms with Crippen molar-refractivity contribution >= 4 is 23.0 Å². The predicted molar refractivity (Wildman–Crippen MR) is 77.3 cm³/mol. The van der Waals surface area contributed by atoms with Gasteiger partial charge in [-0.05, 0) is 18.4 Å². The van der Waals surface area contributed by atoms with E-state index in [1.807, 2.05) is 24.4 Å². The number of hydrogen-bond donors (Lipinski definition) is 1. The van der Waals surface area contributed by atoms with Gasteiger partial charge in [0.2, 0.25) is 5.82 Å². The molecule has 0 fully saturated rings. The molecule has 2 heterocycles. The van der Waals surface area contributed by atoms with E-state index in [4.69, 9.17) is 5.73 Å². The fourth-order valence-corrected chi connectivity index (χ4v) is 2.67. The first-order valence-electron chi connectivity index (χ1n) is 6.24. The van der Waals surface area contributed by atoms with Crippen LogP contribution in [0.4, 0.5) is 24.8 Å². The number of alkyl halides is 3. The summed E-state index contributed by atoms with van der Waals surface area (Å²) in [7, 11) is 1.69. The monoisotopic (exact) mass is 316 g/mol. The van der Waals surface area contributed by atoms with Crippen molar-refractivity contribution in [1.29, 1.82) is 0 Å². The SMILES string of the molecule is CC(Cc1cccs1)N(C)c1cc(N)nc(C(F)(F)F)n1. The summed E-state index contributed by atoms with van der Waals surface area (Å²) < 4.78 is 38.2. The summed E-state index contributed by atoms with van der Waals surface area (Å²) in [5.74, 6) is -1.24. The molecule has 0 radical (unpaired) electrons. The maximum atomic E-state index is 12.7. The Bertz CT molecular complexity index is 598. The van der Waals surface area contributed by atoms with Crippen LogP contribution in [0.2, 0.25) is 0 Å². The molecular weight excluding hydrogens is 301 g/mol. The highest BCUT2D eigenvalue weighted by Crippen LogP contribution is 2.29. The molecule has 1 unspecified atom stereocenters. The van der Waals surface area contributed by atoms with Crippen LogP contribution in [0.15, 0.2) is 23.6 Å². The Morgan fingerprint density at radius 1 is 1.38 bits per heavy atom. The van der Waals surface area contributed by atoms with E-state index in [0.717, 1.165) is 11.3 Å². The van der Waals surface area contributed by atoms with Crippen LogP contribution in [-0.4, -0.2) is 23.1 Å². The fraction of sp³-hybridized carbons (Fsp3) is 0.385. The summed E-state index contributed by atoms with van der Waals surface area (Å²) >= 11 is 1.61. The molecule has 0 aliphatic carbocycles. The molecular formula is C13H15F3N4S. The highest BCUT2D eigenvalue weighted by molar-refractivity contribution is 7.09. The van der Waals surface area contributed by atoms with Gasteiger partial charge in [0, 0.05) is 30.5 Å². The zero-order chi connectivity index (χ0) is 15.6. The molecule has 114 valence electrons. The first-order chi connectivity index (χ1) is 9.77. The molecule has 2 aromatic rings. The maximum absolute atomic E-state index is 12.7. The largest absolute Gasteiger partial charge is 0.451 e. The van der Waals surface area contributed by atoms with Gasteiger partial charge >= 0.3 is 6.18 Å². The minimum absolute atomic E-state index is 0.0148. The van der Waals surface area contributed by atoms with Crippen LogP contribution >= 0.6 is 11.3 Å². The maximum Gasteiger partial charge on any atom is 0.451 e. The molecule has 0 aliphatic rings.